The van der Waals surface area contributed by atoms with Gasteiger partial charge in [-0.25, -0.2) is 0 Å². The van der Waals surface area contributed by atoms with Crippen molar-refractivity contribution >= 4 is 39.2 Å². The van der Waals surface area contributed by atoms with Crippen LogP contribution in [-0.2, 0) is 32.0 Å². The van der Waals surface area contributed by atoms with Gasteiger partial charge in [0.1, 0.15) is 24.4 Å². The molecule has 220 valence electrons. The monoisotopic (exact) mass is 594 g/mol. The van der Waals surface area contributed by atoms with Crippen LogP contribution in [0.4, 0.5) is 0 Å². The Morgan fingerprint density at radius 2 is 1.11 bits per heavy atom. The van der Waals surface area contributed by atoms with Crippen molar-refractivity contribution < 1.29 is 32.0 Å². The Bertz CT molecular complexity index is 689. The number of esters is 1. The van der Waals surface area contributed by atoms with Gasteiger partial charge in [-0.05, 0) is 91.4 Å². The summed E-state index contributed by atoms with van der Waals surface area (Å²) < 4.78 is 39.5. The molecule has 1 rings (SSSR count). The third-order valence-electron chi connectivity index (χ3n) is 5.58. The molecule has 1 aliphatic heterocycles. The molecule has 0 N–H and O–H groups in total. The van der Waals surface area contributed by atoms with Crippen LogP contribution in [0.3, 0.4) is 0 Å². The van der Waals surface area contributed by atoms with E-state index in [1.165, 1.54) is 0 Å². The lowest BCUT2D eigenvalue weighted by Gasteiger charge is -2.50. The molecule has 5 atom stereocenters. The lowest BCUT2D eigenvalue weighted by atomic mass is 9.97. The summed E-state index contributed by atoms with van der Waals surface area (Å²) >= 11 is 0. The zero-order valence-electron chi connectivity index (χ0n) is 26.4. The Kier molecular flexibility index (Phi) is 13.5. The highest BCUT2D eigenvalue weighted by atomic mass is 28.4. The number of hydrogen-bond donors (Lipinski definition) is 0. The first-order valence-corrected chi connectivity index (χ1v) is 27.8. The summed E-state index contributed by atoms with van der Waals surface area (Å²) in [6, 6.07) is 0. The van der Waals surface area contributed by atoms with Gasteiger partial charge < -0.3 is 27.2 Å². The van der Waals surface area contributed by atoms with Crippen LogP contribution in [0.5, 0.6) is 0 Å². The van der Waals surface area contributed by atoms with E-state index in [0.717, 1.165) is 25.7 Å². The molecule has 1 saturated heterocycles. The lowest BCUT2D eigenvalue weighted by Crippen LogP contribution is -2.66. The number of ether oxygens (including phenoxy) is 2. The first-order valence-electron chi connectivity index (χ1n) is 14.2. The second-order valence-corrected chi connectivity index (χ2v) is 32.2. The van der Waals surface area contributed by atoms with Crippen molar-refractivity contribution in [2.24, 2.45) is 5.92 Å². The average Bonchev–Trinajstić information content (AvgIpc) is 2.67. The second-order valence-electron chi connectivity index (χ2n) is 14.3. The largest absolute Gasteiger partial charge is 0.433 e. The van der Waals surface area contributed by atoms with E-state index in [4.69, 9.17) is 27.2 Å². The van der Waals surface area contributed by atoms with Crippen LogP contribution in [0.15, 0.2) is 0 Å². The number of carbonyl (C=O) groups excluding carboxylic acids is 1. The van der Waals surface area contributed by atoms with Crippen molar-refractivity contribution in [3.63, 3.8) is 0 Å². The quantitative estimate of drug-likeness (QED) is 0.150. The number of rotatable bonds is 15. The highest BCUT2D eigenvalue weighted by molar-refractivity contribution is 6.71. The zero-order chi connectivity index (χ0) is 28.8. The van der Waals surface area contributed by atoms with E-state index in [1.807, 2.05) is 0 Å². The molecule has 1 fully saturated rings. The smallest absolute Gasteiger partial charge is 0.311 e. The van der Waals surface area contributed by atoms with Crippen LogP contribution < -0.4 is 0 Å². The van der Waals surface area contributed by atoms with Crippen molar-refractivity contribution in [1.29, 1.82) is 0 Å². The van der Waals surface area contributed by atoms with E-state index < -0.39 is 57.9 Å². The molecule has 0 amide bonds. The summed E-state index contributed by atoms with van der Waals surface area (Å²) in [5, 5.41) is 0. The zero-order valence-corrected chi connectivity index (χ0v) is 30.4. The van der Waals surface area contributed by atoms with Crippen molar-refractivity contribution in [3.05, 3.63) is 0 Å². The maximum Gasteiger partial charge on any atom is 0.311 e. The molecule has 1 heterocycles. The molecular formula is C26H58O7Si4. The van der Waals surface area contributed by atoms with Crippen LogP contribution in [0.2, 0.25) is 78.6 Å². The van der Waals surface area contributed by atoms with Gasteiger partial charge >= 0.3 is 5.97 Å². The highest BCUT2D eigenvalue weighted by Crippen LogP contribution is 2.35. The fraction of sp³-hybridized carbons (Fsp3) is 0.962. The van der Waals surface area contributed by atoms with E-state index in [0.29, 0.717) is 6.61 Å². The summed E-state index contributed by atoms with van der Waals surface area (Å²) in [7, 11) is -7.95. The van der Waals surface area contributed by atoms with Crippen LogP contribution >= 0.6 is 0 Å². The minimum atomic E-state index is -2.08. The summed E-state index contributed by atoms with van der Waals surface area (Å²) in [4.78, 5) is 13.4. The SMILES string of the molecule is CCCC(CCC)C(=O)OC1OC(CO[Si](C)(C)C)C(O[Si](C)(C)C)C(O[Si](C)(C)C)C1O[Si](C)(C)C. The average molecular weight is 595 g/mol. The maximum absolute atomic E-state index is 13.4. The molecule has 0 spiro atoms. The molecule has 11 heteroatoms. The third-order valence-corrected chi connectivity index (χ3v) is 9.55. The van der Waals surface area contributed by atoms with Gasteiger partial charge in [0.25, 0.3) is 0 Å². The van der Waals surface area contributed by atoms with Crippen molar-refractivity contribution in [2.45, 2.75) is 149 Å². The van der Waals surface area contributed by atoms with E-state index >= 15 is 0 Å². The Hall–Kier alpha value is 0.138. The molecular weight excluding hydrogens is 537 g/mol. The third kappa shape index (κ3) is 13.9. The van der Waals surface area contributed by atoms with Gasteiger partial charge in [-0.2, -0.15) is 0 Å². The van der Waals surface area contributed by atoms with Gasteiger partial charge in [0.15, 0.2) is 33.3 Å². The van der Waals surface area contributed by atoms with E-state index in [9.17, 15) is 4.79 Å². The molecule has 37 heavy (non-hydrogen) atoms. The van der Waals surface area contributed by atoms with E-state index in [2.05, 4.69) is 92.4 Å². The van der Waals surface area contributed by atoms with Crippen LogP contribution in [0.1, 0.15) is 39.5 Å². The fourth-order valence-corrected chi connectivity index (χ4v) is 8.27. The normalized spacial score (nSPS) is 26.0. The van der Waals surface area contributed by atoms with E-state index in [1.54, 1.807) is 0 Å². The van der Waals surface area contributed by atoms with Gasteiger partial charge in [-0.1, -0.05) is 26.7 Å². The lowest BCUT2D eigenvalue weighted by molar-refractivity contribution is -0.283. The van der Waals surface area contributed by atoms with Gasteiger partial charge in [-0.15, -0.1) is 0 Å². The van der Waals surface area contributed by atoms with E-state index in [-0.39, 0.29) is 18.0 Å². The summed E-state index contributed by atoms with van der Waals surface area (Å²) in [6.07, 6.45) is 0.838. The molecule has 0 aromatic heterocycles. The standard InChI is InChI=1S/C26H58O7Si4/c1-15-17-20(18-16-2)25(27)30-26-24(33-37(12,13)14)23(32-36(9,10)11)22(31-35(6,7)8)21(29-26)19-28-34(3,4)5/h20-24,26H,15-19H2,1-14H3. The van der Waals surface area contributed by atoms with Crippen LogP contribution in [0.25, 0.3) is 0 Å². The summed E-state index contributed by atoms with van der Waals surface area (Å²) in [5.74, 6) is -0.353. The Labute approximate surface area is 232 Å². The maximum atomic E-state index is 13.4. The predicted molar refractivity (Wildman–Crippen MR) is 162 cm³/mol. The first kappa shape index (κ1) is 35.2. The molecule has 0 aromatic rings. The Morgan fingerprint density at radius 1 is 0.676 bits per heavy atom. The molecule has 0 saturated carbocycles. The molecule has 5 unspecified atom stereocenters. The Morgan fingerprint density at radius 3 is 1.51 bits per heavy atom. The van der Waals surface area contributed by atoms with Crippen molar-refractivity contribution in [1.82, 2.24) is 0 Å². The summed E-state index contributed by atoms with van der Waals surface area (Å²) in [5.41, 5.74) is 0. The summed E-state index contributed by atoms with van der Waals surface area (Å²) in [6.45, 7) is 30.5. The highest BCUT2D eigenvalue weighted by Gasteiger charge is 2.53. The molecule has 7 nitrogen and oxygen atoms in total. The van der Waals surface area contributed by atoms with Gasteiger partial charge in [0.05, 0.1) is 12.5 Å². The van der Waals surface area contributed by atoms with Crippen molar-refractivity contribution in [3.8, 4) is 0 Å². The number of carbonyl (C=O) groups is 1. The molecule has 0 bridgehead atoms. The second kappa shape index (κ2) is 14.2. The molecule has 0 aromatic carbocycles. The molecule has 1 aliphatic rings. The number of hydrogen-bond acceptors (Lipinski definition) is 7. The van der Waals surface area contributed by atoms with Gasteiger partial charge in [0.2, 0.25) is 6.29 Å². The molecule has 0 aliphatic carbocycles. The fourth-order valence-electron chi connectivity index (χ4n) is 4.35. The minimum Gasteiger partial charge on any atom is -0.433 e. The van der Waals surface area contributed by atoms with Gasteiger partial charge in [0, 0.05) is 0 Å². The Balaban J connectivity index is 3.55. The minimum absolute atomic E-state index is 0.143. The topological polar surface area (TPSA) is 72.5 Å². The van der Waals surface area contributed by atoms with Crippen LogP contribution in [-0.4, -0.2) is 76.6 Å². The van der Waals surface area contributed by atoms with Crippen LogP contribution in [0, 0.1) is 5.92 Å². The van der Waals surface area contributed by atoms with Crippen molar-refractivity contribution in [2.75, 3.05) is 6.61 Å². The molecule has 0 radical (unpaired) electrons. The predicted octanol–water partition coefficient (Wildman–Crippen LogP) is 6.98. The first-order chi connectivity index (χ1) is 16.7. The van der Waals surface area contributed by atoms with Gasteiger partial charge in [-0.3, -0.25) is 4.79 Å².